The quantitative estimate of drug-likeness (QED) is 0.396. The highest BCUT2D eigenvalue weighted by molar-refractivity contribution is 5.87. The summed E-state index contributed by atoms with van der Waals surface area (Å²) in [6.07, 6.45) is 3.03. The molecule has 1 atom stereocenters. The molecular formula is C27H32N4O4. The monoisotopic (exact) mass is 476 g/mol. The molecule has 1 N–H and O–H groups in total. The Morgan fingerprint density at radius 1 is 1.06 bits per heavy atom. The first-order chi connectivity index (χ1) is 17.0. The van der Waals surface area contributed by atoms with Gasteiger partial charge < -0.3 is 19.3 Å². The maximum atomic E-state index is 13.2. The number of methoxy groups -OCH3 is 2. The van der Waals surface area contributed by atoms with Crippen LogP contribution in [0.15, 0.2) is 52.7 Å². The van der Waals surface area contributed by atoms with Crippen LogP contribution in [0, 0.1) is 6.92 Å². The van der Waals surface area contributed by atoms with E-state index < -0.39 is 6.04 Å². The zero-order valence-corrected chi connectivity index (χ0v) is 20.9. The van der Waals surface area contributed by atoms with Crippen LogP contribution >= 0.6 is 0 Å². The van der Waals surface area contributed by atoms with Crippen molar-refractivity contribution in [2.45, 2.75) is 46.1 Å². The van der Waals surface area contributed by atoms with Crippen molar-refractivity contribution >= 4 is 11.6 Å². The highest BCUT2D eigenvalue weighted by Gasteiger charge is 2.36. The van der Waals surface area contributed by atoms with Gasteiger partial charge in [-0.25, -0.2) is 4.79 Å². The van der Waals surface area contributed by atoms with E-state index >= 15 is 0 Å². The molecule has 1 aliphatic heterocycles. The van der Waals surface area contributed by atoms with Crippen molar-refractivity contribution in [1.29, 1.82) is 0 Å². The number of benzene rings is 2. The molecule has 8 nitrogen and oxygen atoms in total. The molecule has 0 aliphatic carbocycles. The number of amides is 2. The van der Waals surface area contributed by atoms with E-state index in [4.69, 9.17) is 19.0 Å². The molecule has 0 spiro atoms. The van der Waals surface area contributed by atoms with Gasteiger partial charge >= 0.3 is 6.03 Å². The zero-order chi connectivity index (χ0) is 24.9. The van der Waals surface area contributed by atoms with Crippen LogP contribution in [-0.4, -0.2) is 41.8 Å². The van der Waals surface area contributed by atoms with Crippen LogP contribution in [0.5, 0.6) is 11.5 Å². The normalized spacial score (nSPS) is 15.9. The number of aromatic nitrogens is 2. The van der Waals surface area contributed by atoms with Crippen LogP contribution in [0.3, 0.4) is 0 Å². The summed E-state index contributed by atoms with van der Waals surface area (Å²) < 4.78 is 16.7. The minimum atomic E-state index is -0.490. The van der Waals surface area contributed by atoms with Crippen molar-refractivity contribution < 1.29 is 18.8 Å². The number of nitrogens with zero attached hydrogens (tertiary/aromatic N) is 3. The van der Waals surface area contributed by atoms with Crippen molar-refractivity contribution in [2.24, 2.45) is 0 Å². The summed E-state index contributed by atoms with van der Waals surface area (Å²) in [6, 6.07) is 12.9. The first kappa shape index (κ1) is 24.3. The van der Waals surface area contributed by atoms with E-state index in [1.54, 1.807) is 19.1 Å². The molecule has 0 bridgehead atoms. The molecule has 2 amide bonds. The molecule has 0 fully saturated rings. The lowest BCUT2D eigenvalue weighted by atomic mass is 9.94. The fourth-order valence-electron chi connectivity index (χ4n) is 4.36. The van der Waals surface area contributed by atoms with Crippen molar-refractivity contribution in [1.82, 2.24) is 20.4 Å². The smallest absolute Gasteiger partial charge is 0.322 e. The van der Waals surface area contributed by atoms with Gasteiger partial charge in [0, 0.05) is 17.8 Å². The molecule has 8 heteroatoms. The van der Waals surface area contributed by atoms with Gasteiger partial charge in [-0.15, -0.1) is 0 Å². The van der Waals surface area contributed by atoms with E-state index in [-0.39, 0.29) is 6.03 Å². The number of carbonyl (C=O) groups excluding carboxylic acids is 1. The van der Waals surface area contributed by atoms with Crippen molar-refractivity contribution in [3.05, 3.63) is 65.2 Å². The van der Waals surface area contributed by atoms with Gasteiger partial charge in [0.2, 0.25) is 5.82 Å². The molecule has 3 aromatic rings. The van der Waals surface area contributed by atoms with Gasteiger partial charge in [0.25, 0.3) is 5.89 Å². The molecule has 35 heavy (non-hydrogen) atoms. The van der Waals surface area contributed by atoms with Crippen molar-refractivity contribution in [3.8, 4) is 22.9 Å². The van der Waals surface area contributed by atoms with Crippen LogP contribution in [0.25, 0.3) is 17.0 Å². The number of urea groups is 1. The molecule has 4 rings (SSSR count). The van der Waals surface area contributed by atoms with Crippen LogP contribution in [0.2, 0.25) is 0 Å². The van der Waals surface area contributed by atoms with Gasteiger partial charge in [0.05, 0.1) is 25.8 Å². The molecule has 1 unspecified atom stereocenters. The number of aryl methyl sites for hydroxylation is 1. The molecule has 2 aromatic carbocycles. The van der Waals surface area contributed by atoms with E-state index in [0.717, 1.165) is 47.2 Å². The predicted octanol–water partition coefficient (Wildman–Crippen LogP) is 5.75. The lowest BCUT2D eigenvalue weighted by molar-refractivity contribution is 0.204. The second kappa shape index (κ2) is 10.6. The fourth-order valence-corrected chi connectivity index (χ4v) is 4.36. The summed E-state index contributed by atoms with van der Waals surface area (Å²) in [5.41, 5.74) is 4.37. The molecule has 2 heterocycles. The third kappa shape index (κ3) is 5.01. The standard InChI is InChI=1S/C27H32N4O4/c1-6-7-8-14-31-18(3)23(26-29-25(30-35-26)20-11-9-10-17(2)15-20)24(28-27(31)32)19-12-13-21(33-4)22(16-19)34-5/h9-13,15-16,24H,6-8,14H2,1-5H3,(H,28,32). The Morgan fingerprint density at radius 2 is 1.86 bits per heavy atom. The number of carbonyl (C=O) groups is 1. The number of hydrogen-bond acceptors (Lipinski definition) is 6. The Morgan fingerprint density at radius 3 is 2.57 bits per heavy atom. The Kier molecular flexibility index (Phi) is 7.39. The first-order valence-electron chi connectivity index (χ1n) is 11.9. The highest BCUT2D eigenvalue weighted by atomic mass is 16.5. The Hall–Kier alpha value is -3.81. The largest absolute Gasteiger partial charge is 0.493 e. The third-order valence-electron chi connectivity index (χ3n) is 6.26. The van der Waals surface area contributed by atoms with Crippen LogP contribution in [-0.2, 0) is 0 Å². The van der Waals surface area contributed by atoms with Gasteiger partial charge in [0.15, 0.2) is 11.5 Å². The summed E-state index contributed by atoms with van der Waals surface area (Å²) in [5, 5.41) is 7.39. The summed E-state index contributed by atoms with van der Waals surface area (Å²) >= 11 is 0. The first-order valence-corrected chi connectivity index (χ1v) is 11.9. The lowest BCUT2D eigenvalue weighted by Gasteiger charge is -2.35. The number of hydrogen-bond donors (Lipinski definition) is 1. The maximum absolute atomic E-state index is 13.2. The van der Waals surface area contributed by atoms with Crippen molar-refractivity contribution in [3.63, 3.8) is 0 Å². The van der Waals surface area contributed by atoms with Crippen LogP contribution in [0.1, 0.15) is 56.2 Å². The van der Waals surface area contributed by atoms with E-state index in [1.807, 2.05) is 56.3 Å². The Labute approximate surface area is 205 Å². The minimum absolute atomic E-state index is 0.152. The molecule has 0 saturated heterocycles. The van der Waals surface area contributed by atoms with E-state index in [9.17, 15) is 4.79 Å². The number of nitrogens with one attached hydrogen (secondary N) is 1. The molecule has 1 aliphatic rings. The third-order valence-corrected chi connectivity index (χ3v) is 6.26. The second-order valence-corrected chi connectivity index (χ2v) is 8.65. The van der Waals surface area contributed by atoms with Gasteiger partial charge in [-0.1, -0.05) is 54.8 Å². The zero-order valence-electron chi connectivity index (χ0n) is 20.9. The average Bonchev–Trinajstić information content (AvgIpc) is 3.35. The second-order valence-electron chi connectivity index (χ2n) is 8.65. The topological polar surface area (TPSA) is 89.7 Å². The molecule has 0 radical (unpaired) electrons. The van der Waals surface area contributed by atoms with Gasteiger partial charge in [-0.3, -0.25) is 4.90 Å². The number of allylic oxidation sites excluding steroid dienone is 1. The maximum Gasteiger partial charge on any atom is 0.322 e. The van der Waals surface area contributed by atoms with Gasteiger partial charge in [-0.05, 0) is 44.0 Å². The average molecular weight is 477 g/mol. The van der Waals surface area contributed by atoms with Gasteiger partial charge in [0.1, 0.15) is 0 Å². The molecular weight excluding hydrogens is 444 g/mol. The Bertz CT molecular complexity index is 1230. The summed E-state index contributed by atoms with van der Waals surface area (Å²) in [5.74, 6) is 2.07. The summed E-state index contributed by atoms with van der Waals surface area (Å²) in [6.45, 7) is 6.72. The van der Waals surface area contributed by atoms with E-state index in [1.165, 1.54) is 0 Å². The van der Waals surface area contributed by atoms with E-state index in [0.29, 0.717) is 29.8 Å². The van der Waals surface area contributed by atoms with Crippen LogP contribution < -0.4 is 14.8 Å². The SMILES string of the molecule is CCCCCN1C(=O)NC(c2ccc(OC)c(OC)c2)C(c2nc(-c3cccc(C)c3)no2)=C1C. The van der Waals surface area contributed by atoms with E-state index in [2.05, 4.69) is 17.4 Å². The minimum Gasteiger partial charge on any atom is -0.493 e. The Balaban J connectivity index is 1.80. The lowest BCUT2D eigenvalue weighted by Crippen LogP contribution is -2.46. The fraction of sp³-hybridized carbons (Fsp3) is 0.370. The molecule has 0 saturated carbocycles. The molecule has 184 valence electrons. The van der Waals surface area contributed by atoms with Crippen LogP contribution in [0.4, 0.5) is 4.79 Å². The number of rotatable bonds is 9. The number of ether oxygens (including phenoxy) is 2. The van der Waals surface area contributed by atoms with Gasteiger partial charge in [-0.2, -0.15) is 4.98 Å². The summed E-state index contributed by atoms with van der Waals surface area (Å²) in [7, 11) is 3.18. The highest BCUT2D eigenvalue weighted by Crippen LogP contribution is 2.40. The van der Waals surface area contributed by atoms with Crippen molar-refractivity contribution in [2.75, 3.05) is 20.8 Å². The molecule has 1 aromatic heterocycles. The number of unbranched alkanes of at least 4 members (excludes halogenated alkanes) is 2. The predicted molar refractivity (Wildman–Crippen MR) is 134 cm³/mol. The summed E-state index contributed by atoms with van der Waals surface area (Å²) in [4.78, 5) is 19.7.